The highest BCUT2D eigenvalue weighted by Crippen LogP contribution is 2.17. The van der Waals surface area contributed by atoms with Gasteiger partial charge in [-0.25, -0.2) is 4.79 Å². The van der Waals surface area contributed by atoms with Gasteiger partial charge in [0.2, 0.25) is 5.91 Å². The summed E-state index contributed by atoms with van der Waals surface area (Å²) in [5.74, 6) is -0.0306. The molecule has 1 aliphatic rings. The molecule has 9 heteroatoms. The molecule has 2 rings (SSSR count). The number of nitrogens with one attached hydrogen (secondary N) is 2. The van der Waals surface area contributed by atoms with Gasteiger partial charge in [0, 0.05) is 49.5 Å². The lowest BCUT2D eigenvalue weighted by atomic mass is 10.1. The number of nitro groups is 1. The predicted octanol–water partition coefficient (Wildman–Crippen LogP) is 2.05. The molecule has 27 heavy (non-hydrogen) atoms. The molecule has 0 saturated carbocycles. The van der Waals surface area contributed by atoms with Crippen LogP contribution in [0.15, 0.2) is 24.3 Å². The van der Waals surface area contributed by atoms with Crippen LogP contribution in [-0.4, -0.2) is 64.9 Å². The molecule has 0 atom stereocenters. The highest BCUT2D eigenvalue weighted by atomic mass is 16.6. The Bertz CT molecular complexity index is 701. The van der Waals surface area contributed by atoms with Gasteiger partial charge >= 0.3 is 6.03 Å². The summed E-state index contributed by atoms with van der Waals surface area (Å²) < 4.78 is 0. The van der Waals surface area contributed by atoms with E-state index in [1.807, 2.05) is 25.7 Å². The lowest BCUT2D eigenvalue weighted by molar-refractivity contribution is -0.384. The average Bonchev–Trinajstić information content (AvgIpc) is 2.79. The number of hydrogen-bond acceptors (Lipinski definition) is 5. The monoisotopic (exact) mass is 377 g/mol. The van der Waals surface area contributed by atoms with E-state index in [2.05, 4.69) is 10.6 Å². The minimum atomic E-state index is -0.498. The number of rotatable bonds is 4. The molecule has 148 valence electrons. The summed E-state index contributed by atoms with van der Waals surface area (Å²) in [5, 5.41) is 16.5. The summed E-state index contributed by atoms with van der Waals surface area (Å²) in [6, 6.07) is 5.56. The molecule has 2 N–H and O–H groups in total. The quantitative estimate of drug-likeness (QED) is 0.617. The number of hydrogen-bond donors (Lipinski definition) is 2. The topological polar surface area (TPSA) is 108 Å². The Hall–Kier alpha value is -2.68. The first kappa shape index (κ1) is 20.6. The molecule has 9 nitrogen and oxygen atoms in total. The van der Waals surface area contributed by atoms with Crippen molar-refractivity contribution in [3.63, 3.8) is 0 Å². The lowest BCUT2D eigenvalue weighted by Gasteiger charge is -2.25. The predicted molar refractivity (Wildman–Crippen MR) is 103 cm³/mol. The zero-order valence-electron chi connectivity index (χ0n) is 16.0. The molecular weight excluding hydrogens is 350 g/mol. The summed E-state index contributed by atoms with van der Waals surface area (Å²) in [7, 11) is 0. The van der Waals surface area contributed by atoms with Crippen LogP contribution in [0.1, 0.15) is 27.2 Å². The minimum Gasteiger partial charge on any atom is -0.350 e. The third-order valence-electron chi connectivity index (χ3n) is 4.07. The van der Waals surface area contributed by atoms with E-state index >= 15 is 0 Å². The molecule has 1 aromatic rings. The molecule has 0 radical (unpaired) electrons. The normalized spacial score (nSPS) is 15.7. The molecule has 3 amide bonds. The maximum absolute atomic E-state index is 12.5. The first-order chi connectivity index (χ1) is 12.6. The molecule has 0 aromatic heterocycles. The molecule has 0 aliphatic carbocycles. The minimum absolute atomic E-state index is 0.0306. The Labute approximate surface area is 158 Å². The van der Waals surface area contributed by atoms with Gasteiger partial charge in [-0.2, -0.15) is 0 Å². The smallest absolute Gasteiger partial charge is 0.321 e. The Balaban J connectivity index is 1.88. The van der Waals surface area contributed by atoms with Crippen LogP contribution < -0.4 is 10.6 Å². The van der Waals surface area contributed by atoms with E-state index < -0.39 is 4.92 Å². The molecule has 1 fully saturated rings. The van der Waals surface area contributed by atoms with Crippen molar-refractivity contribution in [3.05, 3.63) is 34.4 Å². The van der Waals surface area contributed by atoms with Crippen molar-refractivity contribution < 1.29 is 14.5 Å². The van der Waals surface area contributed by atoms with Crippen LogP contribution in [0.4, 0.5) is 16.2 Å². The molecular formula is C18H27N5O4. The summed E-state index contributed by atoms with van der Waals surface area (Å²) in [6.45, 7) is 8.51. The van der Waals surface area contributed by atoms with E-state index in [9.17, 15) is 19.7 Å². The van der Waals surface area contributed by atoms with Crippen molar-refractivity contribution in [1.82, 2.24) is 15.1 Å². The first-order valence-corrected chi connectivity index (χ1v) is 8.98. The first-order valence-electron chi connectivity index (χ1n) is 8.98. The highest BCUT2D eigenvalue weighted by Gasteiger charge is 2.22. The fraction of sp³-hybridized carbons (Fsp3) is 0.556. The third-order valence-corrected chi connectivity index (χ3v) is 4.07. The second-order valence-corrected chi connectivity index (χ2v) is 7.65. The number of benzene rings is 1. The van der Waals surface area contributed by atoms with Gasteiger partial charge in [-0.1, -0.05) is 6.07 Å². The number of non-ortho nitro benzene ring substituents is 1. The Morgan fingerprint density at radius 2 is 1.93 bits per heavy atom. The Morgan fingerprint density at radius 1 is 1.19 bits per heavy atom. The summed E-state index contributed by atoms with van der Waals surface area (Å²) in [5.41, 5.74) is 0.0484. The number of urea groups is 1. The van der Waals surface area contributed by atoms with Gasteiger partial charge in [-0.3, -0.25) is 19.8 Å². The van der Waals surface area contributed by atoms with Crippen LogP contribution in [0.2, 0.25) is 0 Å². The fourth-order valence-electron chi connectivity index (χ4n) is 2.89. The van der Waals surface area contributed by atoms with Gasteiger partial charge in [0.05, 0.1) is 11.5 Å². The number of nitro benzene ring substituents is 1. The Kier molecular flexibility index (Phi) is 6.73. The average molecular weight is 377 g/mol. The Morgan fingerprint density at radius 3 is 2.59 bits per heavy atom. The number of nitrogens with zero attached hydrogens (tertiary/aromatic N) is 3. The lowest BCUT2D eigenvalue weighted by Crippen LogP contribution is -2.46. The summed E-state index contributed by atoms with van der Waals surface area (Å²) >= 11 is 0. The molecule has 0 spiro atoms. The molecule has 1 aromatic carbocycles. The number of carbonyl (C=O) groups is 2. The van der Waals surface area contributed by atoms with Crippen LogP contribution in [0.3, 0.4) is 0 Å². The zero-order chi connectivity index (χ0) is 20.0. The molecule has 1 heterocycles. The van der Waals surface area contributed by atoms with Gasteiger partial charge in [0.15, 0.2) is 0 Å². The van der Waals surface area contributed by atoms with Crippen molar-refractivity contribution in [2.45, 2.75) is 32.7 Å². The van der Waals surface area contributed by atoms with Crippen molar-refractivity contribution in [2.75, 3.05) is 38.0 Å². The van der Waals surface area contributed by atoms with Crippen molar-refractivity contribution in [2.24, 2.45) is 0 Å². The maximum Gasteiger partial charge on any atom is 0.321 e. The maximum atomic E-state index is 12.5. The van der Waals surface area contributed by atoms with Crippen molar-refractivity contribution in [3.8, 4) is 0 Å². The van der Waals surface area contributed by atoms with Crippen LogP contribution in [0, 0.1) is 10.1 Å². The second kappa shape index (κ2) is 8.81. The molecule has 1 aliphatic heterocycles. The standard InChI is InChI=1S/C18H27N5O4/c1-18(2,3)20-16(24)13-21-8-5-9-22(11-10-21)17(25)19-14-6-4-7-15(12-14)23(26)27/h4,6-7,12H,5,8-11,13H2,1-3H3,(H,19,25)(H,20,24). The summed E-state index contributed by atoms with van der Waals surface area (Å²) in [4.78, 5) is 38.6. The van der Waals surface area contributed by atoms with Gasteiger partial charge in [0.25, 0.3) is 5.69 Å². The van der Waals surface area contributed by atoms with Crippen molar-refractivity contribution >= 4 is 23.3 Å². The SMILES string of the molecule is CC(C)(C)NC(=O)CN1CCCN(C(=O)Nc2cccc([N+](=O)[O-])c2)CC1. The van der Waals surface area contributed by atoms with Crippen LogP contribution in [0.5, 0.6) is 0 Å². The van der Waals surface area contributed by atoms with E-state index in [-0.39, 0.29) is 23.2 Å². The van der Waals surface area contributed by atoms with Gasteiger partial charge in [0.1, 0.15) is 0 Å². The van der Waals surface area contributed by atoms with Crippen molar-refractivity contribution in [1.29, 1.82) is 0 Å². The number of carbonyl (C=O) groups excluding carboxylic acids is 2. The zero-order valence-corrected chi connectivity index (χ0v) is 16.0. The second-order valence-electron chi connectivity index (χ2n) is 7.65. The molecule has 1 saturated heterocycles. The van der Waals surface area contributed by atoms with Gasteiger partial charge < -0.3 is 15.5 Å². The number of amides is 3. The van der Waals surface area contributed by atoms with E-state index in [0.29, 0.717) is 31.9 Å². The van der Waals surface area contributed by atoms with Crippen LogP contribution in [0.25, 0.3) is 0 Å². The van der Waals surface area contributed by atoms with E-state index in [1.54, 1.807) is 11.0 Å². The van der Waals surface area contributed by atoms with E-state index in [0.717, 1.165) is 13.0 Å². The van der Waals surface area contributed by atoms with E-state index in [4.69, 9.17) is 0 Å². The highest BCUT2D eigenvalue weighted by molar-refractivity contribution is 5.89. The number of anilines is 1. The fourth-order valence-corrected chi connectivity index (χ4v) is 2.89. The van der Waals surface area contributed by atoms with E-state index in [1.165, 1.54) is 18.2 Å². The molecule has 0 unspecified atom stereocenters. The van der Waals surface area contributed by atoms with Crippen LogP contribution >= 0.6 is 0 Å². The van der Waals surface area contributed by atoms with Crippen LogP contribution in [-0.2, 0) is 4.79 Å². The van der Waals surface area contributed by atoms with Gasteiger partial charge in [-0.05, 0) is 33.3 Å². The van der Waals surface area contributed by atoms with Gasteiger partial charge in [-0.15, -0.1) is 0 Å². The largest absolute Gasteiger partial charge is 0.350 e. The molecule has 0 bridgehead atoms. The third kappa shape index (κ3) is 6.86. The summed E-state index contributed by atoms with van der Waals surface area (Å²) in [6.07, 6.45) is 0.755.